The van der Waals surface area contributed by atoms with Crippen molar-refractivity contribution in [2.75, 3.05) is 5.32 Å². The van der Waals surface area contributed by atoms with E-state index in [4.69, 9.17) is 11.6 Å². The first-order chi connectivity index (χ1) is 9.41. The van der Waals surface area contributed by atoms with Gasteiger partial charge in [0, 0.05) is 15.7 Å². The zero-order chi connectivity index (χ0) is 14.9. The number of hydrogen-bond acceptors (Lipinski definition) is 2. The van der Waals surface area contributed by atoms with E-state index in [9.17, 15) is 9.90 Å². The fourth-order valence-electron chi connectivity index (χ4n) is 1.84. The third-order valence-corrected chi connectivity index (χ3v) is 4.37. The van der Waals surface area contributed by atoms with Crippen molar-refractivity contribution in [1.29, 1.82) is 0 Å². The van der Waals surface area contributed by atoms with Gasteiger partial charge in [-0.3, -0.25) is 4.79 Å². The summed E-state index contributed by atoms with van der Waals surface area (Å²) in [6.07, 6.45) is 0. The normalized spacial score (nSPS) is 10.4. The first kappa shape index (κ1) is 14.9. The van der Waals surface area contributed by atoms with E-state index in [2.05, 4.69) is 21.2 Å². The number of carbonyl (C=O) groups excluding carboxylic acids is 1. The molecule has 1 amide bonds. The van der Waals surface area contributed by atoms with Gasteiger partial charge in [-0.15, -0.1) is 0 Å². The van der Waals surface area contributed by atoms with Crippen LogP contribution in [0.5, 0.6) is 5.75 Å². The lowest BCUT2D eigenvalue weighted by Crippen LogP contribution is -2.13. The smallest absolute Gasteiger partial charge is 0.257 e. The molecule has 0 aliphatic carbocycles. The predicted octanol–water partition coefficient (Wildman–Crippen LogP) is 4.68. The van der Waals surface area contributed by atoms with Gasteiger partial charge in [0.2, 0.25) is 0 Å². The Hall–Kier alpha value is -1.52. The standard InChI is InChI=1S/C15H13BrClNO2/c1-8-6-7-12(9(2)14(8)19)18-15(20)10-4-3-5-11(16)13(10)17/h3-7,19H,1-2H3,(H,18,20). The number of hydrogen-bond donors (Lipinski definition) is 2. The molecule has 3 nitrogen and oxygen atoms in total. The van der Waals surface area contributed by atoms with Crippen LogP contribution in [-0.2, 0) is 0 Å². The van der Waals surface area contributed by atoms with E-state index in [-0.39, 0.29) is 11.7 Å². The topological polar surface area (TPSA) is 49.3 Å². The van der Waals surface area contributed by atoms with Crippen LogP contribution >= 0.6 is 27.5 Å². The average molecular weight is 355 g/mol. The summed E-state index contributed by atoms with van der Waals surface area (Å²) in [6.45, 7) is 3.56. The van der Waals surface area contributed by atoms with Gasteiger partial charge in [-0.05, 0) is 53.5 Å². The van der Waals surface area contributed by atoms with Gasteiger partial charge in [-0.1, -0.05) is 23.7 Å². The maximum absolute atomic E-state index is 12.2. The van der Waals surface area contributed by atoms with E-state index >= 15 is 0 Å². The molecule has 0 radical (unpaired) electrons. The molecular weight excluding hydrogens is 342 g/mol. The van der Waals surface area contributed by atoms with E-state index in [1.807, 2.05) is 0 Å². The van der Waals surface area contributed by atoms with Crippen LogP contribution < -0.4 is 5.32 Å². The largest absolute Gasteiger partial charge is 0.507 e. The summed E-state index contributed by atoms with van der Waals surface area (Å²) in [7, 11) is 0. The third-order valence-electron chi connectivity index (χ3n) is 3.08. The number of aromatic hydroxyl groups is 1. The van der Waals surface area contributed by atoms with Crippen molar-refractivity contribution in [3.63, 3.8) is 0 Å². The summed E-state index contributed by atoms with van der Waals surface area (Å²) < 4.78 is 0.662. The van der Waals surface area contributed by atoms with Crippen LogP contribution in [0.25, 0.3) is 0 Å². The summed E-state index contributed by atoms with van der Waals surface area (Å²) in [6, 6.07) is 8.66. The molecule has 2 rings (SSSR count). The number of aryl methyl sites for hydroxylation is 1. The highest BCUT2D eigenvalue weighted by Crippen LogP contribution is 2.30. The monoisotopic (exact) mass is 353 g/mol. The molecule has 2 aromatic carbocycles. The predicted molar refractivity (Wildman–Crippen MR) is 84.7 cm³/mol. The molecule has 104 valence electrons. The van der Waals surface area contributed by atoms with Crippen molar-refractivity contribution < 1.29 is 9.90 Å². The third kappa shape index (κ3) is 2.81. The van der Waals surface area contributed by atoms with Crippen LogP contribution in [0.2, 0.25) is 5.02 Å². The van der Waals surface area contributed by atoms with Crippen LogP contribution in [0, 0.1) is 13.8 Å². The fourth-order valence-corrected chi connectivity index (χ4v) is 2.42. The SMILES string of the molecule is Cc1ccc(NC(=O)c2cccc(Br)c2Cl)c(C)c1O. The number of phenolic OH excluding ortho intramolecular Hbond substituents is 1. The number of carbonyl (C=O) groups is 1. The first-order valence-electron chi connectivity index (χ1n) is 5.96. The number of benzene rings is 2. The second-order valence-corrected chi connectivity index (χ2v) is 5.69. The Morgan fingerprint density at radius 2 is 1.95 bits per heavy atom. The van der Waals surface area contributed by atoms with Gasteiger partial charge in [-0.25, -0.2) is 0 Å². The molecule has 0 saturated carbocycles. The van der Waals surface area contributed by atoms with Crippen molar-refractivity contribution in [3.05, 3.63) is 56.5 Å². The van der Waals surface area contributed by atoms with Gasteiger partial charge >= 0.3 is 0 Å². The second kappa shape index (κ2) is 5.85. The summed E-state index contributed by atoms with van der Waals surface area (Å²) in [5.41, 5.74) is 2.33. The molecule has 0 aromatic heterocycles. The fraction of sp³-hybridized carbons (Fsp3) is 0.133. The van der Waals surface area contributed by atoms with Crippen LogP contribution in [-0.4, -0.2) is 11.0 Å². The zero-order valence-corrected chi connectivity index (χ0v) is 13.3. The minimum Gasteiger partial charge on any atom is -0.507 e. The molecule has 0 saturated heterocycles. The molecule has 0 bridgehead atoms. The highest BCUT2D eigenvalue weighted by Gasteiger charge is 2.14. The second-order valence-electron chi connectivity index (χ2n) is 4.46. The average Bonchev–Trinajstić information content (AvgIpc) is 2.42. The molecular formula is C15H13BrClNO2. The maximum atomic E-state index is 12.2. The van der Waals surface area contributed by atoms with Crippen molar-refractivity contribution in [2.24, 2.45) is 0 Å². The van der Waals surface area contributed by atoms with Crippen LogP contribution in [0.15, 0.2) is 34.8 Å². The first-order valence-corrected chi connectivity index (χ1v) is 7.13. The maximum Gasteiger partial charge on any atom is 0.257 e. The van der Waals surface area contributed by atoms with Gasteiger partial charge in [0.05, 0.1) is 10.6 Å². The summed E-state index contributed by atoms with van der Waals surface area (Å²) >= 11 is 9.38. The Morgan fingerprint density at radius 1 is 1.25 bits per heavy atom. The van der Waals surface area contributed by atoms with Crippen LogP contribution in [0.4, 0.5) is 5.69 Å². The van der Waals surface area contributed by atoms with Gasteiger partial charge < -0.3 is 10.4 Å². The van der Waals surface area contributed by atoms with Crippen molar-refractivity contribution in [3.8, 4) is 5.75 Å². The molecule has 0 aliphatic rings. The Labute approximate surface area is 130 Å². The molecule has 0 fully saturated rings. The Balaban J connectivity index is 2.33. The number of anilines is 1. The van der Waals surface area contributed by atoms with Crippen LogP contribution in [0.3, 0.4) is 0 Å². The van der Waals surface area contributed by atoms with Gasteiger partial charge in [0.15, 0.2) is 0 Å². The summed E-state index contributed by atoms with van der Waals surface area (Å²) in [5.74, 6) is -0.134. The summed E-state index contributed by atoms with van der Waals surface area (Å²) in [4.78, 5) is 12.2. The van der Waals surface area contributed by atoms with E-state index in [0.717, 1.165) is 5.56 Å². The zero-order valence-electron chi connectivity index (χ0n) is 11.0. The molecule has 0 heterocycles. The minimum absolute atomic E-state index is 0.183. The van der Waals surface area contributed by atoms with E-state index in [1.54, 1.807) is 44.2 Å². The summed E-state index contributed by atoms with van der Waals surface area (Å²) in [5, 5.41) is 13.0. The van der Waals surface area contributed by atoms with Crippen molar-refractivity contribution in [1.82, 2.24) is 0 Å². The molecule has 2 aromatic rings. The Bertz CT molecular complexity index is 686. The number of rotatable bonds is 2. The van der Waals surface area contributed by atoms with E-state index < -0.39 is 0 Å². The van der Waals surface area contributed by atoms with Crippen LogP contribution in [0.1, 0.15) is 21.5 Å². The van der Waals surface area contributed by atoms with Gasteiger partial charge in [0.1, 0.15) is 5.75 Å². The highest BCUT2D eigenvalue weighted by atomic mass is 79.9. The minimum atomic E-state index is -0.317. The molecule has 0 atom stereocenters. The lowest BCUT2D eigenvalue weighted by atomic mass is 10.1. The molecule has 2 N–H and O–H groups in total. The van der Waals surface area contributed by atoms with E-state index in [0.29, 0.717) is 26.3 Å². The molecule has 20 heavy (non-hydrogen) atoms. The lowest BCUT2D eigenvalue weighted by molar-refractivity contribution is 0.102. The molecule has 5 heteroatoms. The molecule has 0 spiro atoms. The number of amides is 1. The Kier molecular flexibility index (Phi) is 4.35. The Morgan fingerprint density at radius 3 is 2.65 bits per heavy atom. The van der Waals surface area contributed by atoms with Crippen molar-refractivity contribution >= 4 is 39.1 Å². The number of nitrogens with one attached hydrogen (secondary N) is 1. The van der Waals surface area contributed by atoms with Gasteiger partial charge in [0.25, 0.3) is 5.91 Å². The molecule has 0 aliphatic heterocycles. The quantitative estimate of drug-likeness (QED) is 0.823. The van der Waals surface area contributed by atoms with E-state index in [1.165, 1.54) is 0 Å². The van der Waals surface area contributed by atoms with Crippen molar-refractivity contribution in [2.45, 2.75) is 13.8 Å². The van der Waals surface area contributed by atoms with Gasteiger partial charge in [-0.2, -0.15) is 0 Å². The molecule has 0 unspecified atom stereocenters. The number of phenols is 1. The highest BCUT2D eigenvalue weighted by molar-refractivity contribution is 9.10. The lowest BCUT2D eigenvalue weighted by Gasteiger charge is -2.12. The number of halogens is 2.